The van der Waals surface area contributed by atoms with Crippen molar-refractivity contribution < 1.29 is 9.90 Å². The van der Waals surface area contributed by atoms with Crippen molar-refractivity contribution in [3.8, 4) is 10.8 Å². The van der Waals surface area contributed by atoms with Gasteiger partial charge in [-0.1, -0.05) is 0 Å². The number of thiazole rings is 1. The van der Waals surface area contributed by atoms with E-state index in [1.807, 2.05) is 0 Å². The maximum atomic E-state index is 11.1. The summed E-state index contributed by atoms with van der Waals surface area (Å²) in [6.07, 6.45) is 3.34. The van der Waals surface area contributed by atoms with E-state index >= 15 is 0 Å². The van der Waals surface area contributed by atoms with Crippen LogP contribution in [0.15, 0.2) is 17.8 Å². The van der Waals surface area contributed by atoms with Gasteiger partial charge in [0.25, 0.3) is 0 Å². The van der Waals surface area contributed by atoms with Gasteiger partial charge >= 0.3 is 5.97 Å². The van der Waals surface area contributed by atoms with Gasteiger partial charge in [0.2, 0.25) is 0 Å². The molecule has 16 heavy (non-hydrogen) atoms. The minimum absolute atomic E-state index is 0.552. The highest BCUT2D eigenvalue weighted by atomic mass is 32.1. The third-order valence-corrected chi connectivity index (χ3v) is 3.23. The number of nitrogens with one attached hydrogen (secondary N) is 1. The van der Waals surface area contributed by atoms with Crippen molar-refractivity contribution in [1.82, 2.24) is 15.0 Å². The number of rotatable bonds is 3. The smallest absolute Gasteiger partial charge is 0.315 e. The van der Waals surface area contributed by atoms with Crippen LogP contribution in [0.1, 0.15) is 19.5 Å². The summed E-state index contributed by atoms with van der Waals surface area (Å²) in [7, 11) is 0. The summed E-state index contributed by atoms with van der Waals surface area (Å²) in [6.45, 7) is 3.27. The average Bonchev–Trinajstić information content (AvgIpc) is 2.88. The minimum Gasteiger partial charge on any atom is -0.481 e. The summed E-state index contributed by atoms with van der Waals surface area (Å²) >= 11 is 1.38. The fourth-order valence-electron chi connectivity index (χ4n) is 1.16. The Balaban J connectivity index is 2.37. The average molecular weight is 237 g/mol. The summed E-state index contributed by atoms with van der Waals surface area (Å²) in [5, 5.41) is 11.5. The van der Waals surface area contributed by atoms with E-state index in [9.17, 15) is 4.79 Å². The van der Waals surface area contributed by atoms with Crippen LogP contribution in [0.25, 0.3) is 10.8 Å². The second-order valence-corrected chi connectivity index (χ2v) is 4.76. The topological polar surface area (TPSA) is 78.9 Å². The van der Waals surface area contributed by atoms with E-state index in [1.165, 1.54) is 11.3 Å². The SMILES string of the molecule is CC(C)(C(=O)O)c1csc(-c2ncc[nH]2)n1. The number of H-pyrrole nitrogens is 1. The lowest BCUT2D eigenvalue weighted by Gasteiger charge is -2.15. The van der Waals surface area contributed by atoms with Crippen molar-refractivity contribution in [2.24, 2.45) is 0 Å². The molecule has 0 saturated carbocycles. The molecule has 0 aromatic carbocycles. The highest BCUT2D eigenvalue weighted by molar-refractivity contribution is 7.13. The van der Waals surface area contributed by atoms with Gasteiger partial charge in [-0.05, 0) is 13.8 Å². The lowest BCUT2D eigenvalue weighted by molar-refractivity contribution is -0.142. The van der Waals surface area contributed by atoms with Gasteiger partial charge in [-0.2, -0.15) is 0 Å². The van der Waals surface area contributed by atoms with E-state index in [-0.39, 0.29) is 0 Å². The van der Waals surface area contributed by atoms with Gasteiger partial charge in [-0.3, -0.25) is 4.79 Å². The summed E-state index contributed by atoms with van der Waals surface area (Å²) in [4.78, 5) is 22.4. The first-order chi connectivity index (χ1) is 7.51. The lowest BCUT2D eigenvalue weighted by atomic mass is 9.90. The predicted molar refractivity (Wildman–Crippen MR) is 60.4 cm³/mol. The van der Waals surface area contributed by atoms with Gasteiger partial charge in [0.05, 0.1) is 5.69 Å². The normalized spacial score (nSPS) is 11.6. The van der Waals surface area contributed by atoms with Crippen LogP contribution >= 0.6 is 11.3 Å². The van der Waals surface area contributed by atoms with Crippen molar-refractivity contribution in [2.45, 2.75) is 19.3 Å². The first kappa shape index (κ1) is 10.8. The van der Waals surface area contributed by atoms with Crippen LogP contribution in [0.5, 0.6) is 0 Å². The Morgan fingerprint density at radius 2 is 2.31 bits per heavy atom. The van der Waals surface area contributed by atoms with E-state index in [1.54, 1.807) is 31.6 Å². The number of aromatic nitrogens is 3. The van der Waals surface area contributed by atoms with Crippen molar-refractivity contribution in [2.75, 3.05) is 0 Å². The molecule has 0 spiro atoms. The Labute approximate surface area is 96.2 Å². The molecule has 0 fully saturated rings. The zero-order chi connectivity index (χ0) is 11.8. The Hall–Kier alpha value is -1.69. The Kier molecular flexibility index (Phi) is 2.51. The molecule has 2 N–H and O–H groups in total. The Morgan fingerprint density at radius 1 is 1.56 bits per heavy atom. The Bertz CT molecular complexity index is 502. The van der Waals surface area contributed by atoms with Gasteiger partial charge in [0.15, 0.2) is 10.8 Å². The van der Waals surface area contributed by atoms with Crippen LogP contribution in [0.2, 0.25) is 0 Å². The molecule has 0 aliphatic rings. The molecule has 2 heterocycles. The number of hydrogen-bond acceptors (Lipinski definition) is 4. The molecule has 0 bridgehead atoms. The fraction of sp³-hybridized carbons (Fsp3) is 0.300. The molecule has 0 unspecified atom stereocenters. The molecule has 6 heteroatoms. The molecule has 5 nitrogen and oxygen atoms in total. The second-order valence-electron chi connectivity index (χ2n) is 3.91. The third-order valence-electron chi connectivity index (χ3n) is 2.38. The minimum atomic E-state index is -0.971. The predicted octanol–water partition coefficient (Wildman–Crippen LogP) is 1.90. The third kappa shape index (κ3) is 1.71. The van der Waals surface area contributed by atoms with Crippen LogP contribution < -0.4 is 0 Å². The summed E-state index contributed by atoms with van der Waals surface area (Å²) in [5.41, 5.74) is -0.419. The molecule has 0 atom stereocenters. The molecule has 0 aliphatic heterocycles. The van der Waals surface area contributed by atoms with E-state index in [0.717, 1.165) is 0 Å². The number of hydrogen-bond donors (Lipinski definition) is 2. The number of carboxylic acid groups (broad SMARTS) is 1. The highest BCUT2D eigenvalue weighted by Gasteiger charge is 2.32. The maximum absolute atomic E-state index is 11.1. The van der Waals surface area contributed by atoms with Crippen LogP contribution in [0.3, 0.4) is 0 Å². The first-order valence-electron chi connectivity index (χ1n) is 4.71. The number of nitrogens with zero attached hydrogens (tertiary/aromatic N) is 2. The molecule has 2 rings (SSSR count). The van der Waals surface area contributed by atoms with Gasteiger partial charge in [0.1, 0.15) is 5.41 Å². The monoisotopic (exact) mass is 237 g/mol. The molecular weight excluding hydrogens is 226 g/mol. The van der Waals surface area contributed by atoms with Crippen LogP contribution in [0, 0.1) is 0 Å². The molecule has 0 amide bonds. The molecular formula is C10H11N3O2S. The van der Waals surface area contributed by atoms with E-state index in [0.29, 0.717) is 16.5 Å². The lowest BCUT2D eigenvalue weighted by Crippen LogP contribution is -2.28. The zero-order valence-electron chi connectivity index (χ0n) is 8.89. The van der Waals surface area contributed by atoms with Crippen LogP contribution in [0.4, 0.5) is 0 Å². The summed E-state index contributed by atoms with van der Waals surface area (Å²) < 4.78 is 0. The Morgan fingerprint density at radius 3 is 2.88 bits per heavy atom. The molecule has 0 saturated heterocycles. The number of carbonyl (C=O) groups is 1. The molecule has 2 aromatic heterocycles. The number of aliphatic carboxylic acids is 1. The van der Waals surface area contributed by atoms with Gasteiger partial charge in [-0.15, -0.1) is 11.3 Å². The summed E-state index contributed by atoms with van der Waals surface area (Å²) in [5.74, 6) is -0.221. The van der Waals surface area contributed by atoms with E-state index < -0.39 is 11.4 Å². The van der Waals surface area contributed by atoms with Gasteiger partial charge in [0, 0.05) is 17.8 Å². The van der Waals surface area contributed by atoms with Crippen molar-refractivity contribution in [1.29, 1.82) is 0 Å². The van der Waals surface area contributed by atoms with E-state index in [4.69, 9.17) is 5.11 Å². The molecule has 0 aliphatic carbocycles. The first-order valence-corrected chi connectivity index (χ1v) is 5.59. The second kappa shape index (κ2) is 3.71. The molecule has 0 radical (unpaired) electrons. The fourth-order valence-corrected chi connectivity index (χ4v) is 2.11. The molecule has 84 valence electrons. The van der Waals surface area contributed by atoms with Crippen LogP contribution in [-0.4, -0.2) is 26.0 Å². The zero-order valence-corrected chi connectivity index (χ0v) is 9.71. The van der Waals surface area contributed by atoms with Crippen LogP contribution in [-0.2, 0) is 10.2 Å². The highest BCUT2D eigenvalue weighted by Crippen LogP contribution is 2.28. The quantitative estimate of drug-likeness (QED) is 0.854. The molecule has 2 aromatic rings. The number of aromatic amines is 1. The standard InChI is InChI=1S/C10H11N3O2S/c1-10(2,9(14)15)6-5-16-8(13-6)7-11-3-4-12-7/h3-5H,1-2H3,(H,11,12)(H,14,15). The summed E-state index contributed by atoms with van der Waals surface area (Å²) in [6, 6.07) is 0. The number of carboxylic acids is 1. The maximum Gasteiger partial charge on any atom is 0.315 e. The largest absolute Gasteiger partial charge is 0.481 e. The van der Waals surface area contributed by atoms with E-state index in [2.05, 4.69) is 15.0 Å². The van der Waals surface area contributed by atoms with Crippen molar-refractivity contribution >= 4 is 17.3 Å². The number of imidazole rings is 1. The van der Waals surface area contributed by atoms with Crippen molar-refractivity contribution in [3.05, 3.63) is 23.5 Å². The van der Waals surface area contributed by atoms with Gasteiger partial charge in [-0.25, -0.2) is 9.97 Å². The van der Waals surface area contributed by atoms with Crippen molar-refractivity contribution in [3.63, 3.8) is 0 Å². The van der Waals surface area contributed by atoms with Gasteiger partial charge < -0.3 is 10.1 Å².